The molecule has 0 aliphatic rings. The molecule has 0 saturated carbocycles. The summed E-state index contributed by atoms with van der Waals surface area (Å²) in [5.41, 5.74) is 1.05. The molecule has 0 aromatic heterocycles. The van der Waals surface area contributed by atoms with Gasteiger partial charge in [0.25, 0.3) is 5.91 Å². The van der Waals surface area contributed by atoms with Gasteiger partial charge in [-0.1, -0.05) is 61.5 Å². The summed E-state index contributed by atoms with van der Waals surface area (Å²) in [5.74, 6) is -0.606. The van der Waals surface area contributed by atoms with Crippen LogP contribution >= 0.6 is 11.8 Å². The van der Waals surface area contributed by atoms with Crippen molar-refractivity contribution >= 4 is 34.8 Å². The Morgan fingerprint density at radius 1 is 0.915 bits per heavy atom. The van der Waals surface area contributed by atoms with Crippen molar-refractivity contribution in [2.75, 3.05) is 27.4 Å². The Morgan fingerprint density at radius 2 is 1.55 bits per heavy atom. The molecule has 0 radical (unpaired) electrons. The fourth-order valence-corrected chi connectivity index (χ4v) is 4.33. The predicted molar refractivity (Wildman–Crippen MR) is 173 cm³/mol. The zero-order valence-electron chi connectivity index (χ0n) is 26.7. The summed E-state index contributed by atoms with van der Waals surface area (Å²) in [5, 5.41) is 15.4. The highest BCUT2D eigenvalue weighted by atomic mass is 32.2. The molecule has 0 spiro atoms. The van der Waals surface area contributed by atoms with E-state index in [1.54, 1.807) is 68.9 Å². The third kappa shape index (κ3) is 12.6. The van der Waals surface area contributed by atoms with Gasteiger partial charge in [0.2, 0.25) is 11.1 Å². The molecule has 0 aliphatic heterocycles. The van der Waals surface area contributed by atoms with Gasteiger partial charge in [0.15, 0.2) is 0 Å². The smallest absolute Gasteiger partial charge is 0.433 e. The second kappa shape index (κ2) is 19.4. The molecule has 3 aromatic rings. The second-order valence-electron chi connectivity index (χ2n) is 10.0. The van der Waals surface area contributed by atoms with Gasteiger partial charge in [-0.3, -0.25) is 14.4 Å². The molecular formula is C33H36F2N4O7S. The zero-order valence-corrected chi connectivity index (χ0v) is 27.5. The Labute approximate surface area is 276 Å². The number of ether oxygens (including phenoxy) is 3. The van der Waals surface area contributed by atoms with Gasteiger partial charge >= 0.3 is 18.7 Å². The van der Waals surface area contributed by atoms with E-state index < -0.39 is 30.7 Å². The van der Waals surface area contributed by atoms with Crippen LogP contribution in [0.15, 0.2) is 84.0 Å². The van der Waals surface area contributed by atoms with Crippen molar-refractivity contribution in [3.8, 4) is 23.3 Å². The molecule has 250 valence electrons. The highest BCUT2D eigenvalue weighted by molar-refractivity contribution is 8.15. The lowest BCUT2D eigenvalue weighted by Crippen LogP contribution is -2.28. The number of hydrogen-bond donors (Lipinski definition) is 1. The first-order chi connectivity index (χ1) is 22.4. The maximum Gasteiger partial charge on any atom is 0.433 e. The van der Waals surface area contributed by atoms with Crippen LogP contribution < -0.4 is 14.8 Å². The third-order valence-electron chi connectivity index (χ3n) is 6.07. The summed E-state index contributed by atoms with van der Waals surface area (Å²) >= 11 is 1.11. The summed E-state index contributed by atoms with van der Waals surface area (Å²) in [4.78, 5) is 40.7. The molecule has 0 fully saturated rings. The topological polar surface area (TPSA) is 140 Å². The van der Waals surface area contributed by atoms with Crippen LogP contribution in [0.1, 0.15) is 37.0 Å². The molecule has 47 heavy (non-hydrogen) atoms. The highest BCUT2D eigenvalue weighted by Crippen LogP contribution is 2.31. The van der Waals surface area contributed by atoms with Gasteiger partial charge in [0.1, 0.15) is 23.3 Å². The van der Waals surface area contributed by atoms with E-state index in [0.29, 0.717) is 22.6 Å². The van der Waals surface area contributed by atoms with E-state index in [4.69, 9.17) is 9.47 Å². The summed E-state index contributed by atoms with van der Waals surface area (Å²) in [6.07, 6.45) is -0.171. The Hall–Kier alpha value is -5.16. The van der Waals surface area contributed by atoms with Gasteiger partial charge in [0, 0.05) is 26.7 Å². The van der Waals surface area contributed by atoms with Gasteiger partial charge < -0.3 is 24.4 Å². The lowest BCUT2D eigenvalue weighted by atomic mass is 9.88. The SMILES string of the molecule is CC(C)[C@H](C(=O)OC(C#N)c1cccc(Oc2ccccc2)c1)c1ccc(OC(F)F)cc1.CNC(=O)ON=C(SC)C(=O)N(C)C. The van der Waals surface area contributed by atoms with Gasteiger partial charge in [-0.05, 0) is 54.1 Å². The molecule has 1 unspecified atom stereocenters. The first-order valence-corrected chi connectivity index (χ1v) is 15.3. The molecular weight excluding hydrogens is 634 g/mol. The average molecular weight is 671 g/mol. The van der Waals surface area contributed by atoms with Gasteiger partial charge in [0.05, 0.1) is 5.92 Å². The number of nitrogens with one attached hydrogen (secondary N) is 1. The summed E-state index contributed by atoms with van der Waals surface area (Å²) in [6.45, 7) is 0.746. The zero-order chi connectivity index (χ0) is 34.9. The number of esters is 1. The van der Waals surface area contributed by atoms with Gasteiger partial charge in [-0.25, -0.2) is 4.79 Å². The van der Waals surface area contributed by atoms with Crippen LogP contribution in [0.5, 0.6) is 17.2 Å². The van der Waals surface area contributed by atoms with Crippen LogP contribution in [0.25, 0.3) is 0 Å². The minimum atomic E-state index is -2.93. The number of hydrogen-bond acceptors (Lipinski definition) is 10. The number of carbonyl (C=O) groups excluding carboxylic acids is 3. The molecule has 0 saturated heterocycles. The average Bonchev–Trinajstić information content (AvgIpc) is 3.05. The Balaban J connectivity index is 0.000000463. The van der Waals surface area contributed by atoms with E-state index in [1.807, 2.05) is 38.1 Å². The Kier molecular flexibility index (Phi) is 15.7. The van der Waals surface area contributed by atoms with Crippen LogP contribution in [0, 0.1) is 17.2 Å². The molecule has 0 heterocycles. The molecule has 0 aliphatic carbocycles. The fourth-order valence-electron chi connectivity index (χ4n) is 3.86. The minimum absolute atomic E-state index is 0.00486. The van der Waals surface area contributed by atoms with Crippen molar-refractivity contribution in [2.45, 2.75) is 32.5 Å². The monoisotopic (exact) mass is 670 g/mol. The van der Waals surface area contributed by atoms with Crippen molar-refractivity contribution in [2.24, 2.45) is 11.1 Å². The molecule has 3 aromatic carbocycles. The molecule has 11 nitrogen and oxygen atoms in total. The van der Waals surface area contributed by atoms with Crippen LogP contribution in [0.2, 0.25) is 0 Å². The minimum Gasteiger partial charge on any atom is -0.457 e. The fraction of sp³-hybridized carbons (Fsp3) is 0.303. The molecule has 2 amide bonds. The van der Waals surface area contributed by atoms with Gasteiger partial charge in [-0.15, -0.1) is 11.8 Å². The number of carbonyl (C=O) groups is 3. The van der Waals surface area contributed by atoms with Crippen molar-refractivity contribution in [1.29, 1.82) is 5.26 Å². The Morgan fingerprint density at radius 3 is 2.09 bits per heavy atom. The van der Waals surface area contributed by atoms with Crippen molar-refractivity contribution in [3.63, 3.8) is 0 Å². The molecule has 1 N–H and O–H groups in total. The molecule has 3 rings (SSSR count). The molecule has 0 bridgehead atoms. The summed E-state index contributed by atoms with van der Waals surface area (Å²) in [7, 11) is 4.59. The van der Waals surface area contributed by atoms with E-state index in [0.717, 1.165) is 11.8 Å². The summed E-state index contributed by atoms with van der Waals surface area (Å²) in [6, 6.07) is 23.8. The number of thioether (sulfide) groups is 1. The predicted octanol–water partition coefficient (Wildman–Crippen LogP) is 6.74. The van der Waals surface area contributed by atoms with E-state index >= 15 is 0 Å². The molecule has 14 heteroatoms. The van der Waals surface area contributed by atoms with Crippen LogP contribution in [-0.4, -0.2) is 61.9 Å². The number of amides is 2. The maximum absolute atomic E-state index is 13.0. The van der Waals surface area contributed by atoms with Crippen molar-refractivity contribution in [1.82, 2.24) is 10.2 Å². The lowest BCUT2D eigenvalue weighted by molar-refractivity contribution is -0.150. The van der Waals surface area contributed by atoms with E-state index in [1.165, 1.54) is 24.1 Å². The standard InChI is InChI=1S/C26H23F2NO4.C7H13N3O3S/c1-17(2)24(18-11-13-21(14-12-18)32-26(27)28)25(30)33-23(16-29)19-7-6-10-22(15-19)31-20-8-4-3-5-9-20;1-8-7(12)13-9-5(14-4)6(11)10(2)3/h3-15,17,23-24,26H,1-2H3;1-4H3,(H,8,12)/t23?,24-;/m0./s1. The third-order valence-corrected chi connectivity index (χ3v) is 6.71. The molecule has 2 atom stereocenters. The number of oxime groups is 1. The Bertz CT molecular complexity index is 1530. The number of nitrogens with zero attached hydrogens (tertiary/aromatic N) is 3. The second-order valence-corrected chi connectivity index (χ2v) is 10.8. The highest BCUT2D eigenvalue weighted by Gasteiger charge is 2.29. The normalized spacial score (nSPS) is 12.1. The van der Waals surface area contributed by atoms with Crippen molar-refractivity contribution in [3.05, 3.63) is 90.0 Å². The van der Waals surface area contributed by atoms with Gasteiger partial charge in [-0.2, -0.15) is 14.0 Å². The van der Waals surface area contributed by atoms with Crippen LogP contribution in [-0.2, 0) is 19.2 Å². The number of alkyl halides is 2. The first-order valence-electron chi connectivity index (χ1n) is 14.1. The van der Waals surface area contributed by atoms with E-state index in [2.05, 4.69) is 20.0 Å². The lowest BCUT2D eigenvalue weighted by Gasteiger charge is -2.22. The number of para-hydroxylation sites is 1. The van der Waals surface area contributed by atoms with Crippen molar-refractivity contribution < 1.29 is 42.2 Å². The largest absolute Gasteiger partial charge is 0.457 e. The van der Waals surface area contributed by atoms with Crippen LogP contribution in [0.4, 0.5) is 13.6 Å². The van der Waals surface area contributed by atoms with Crippen LogP contribution in [0.3, 0.4) is 0 Å². The number of benzene rings is 3. The maximum atomic E-state index is 13.0. The van der Waals surface area contributed by atoms with E-state index in [9.17, 15) is 28.4 Å². The van der Waals surface area contributed by atoms with E-state index in [-0.39, 0.29) is 22.6 Å². The number of halogens is 2. The first kappa shape index (κ1) is 38.0. The number of rotatable bonds is 10. The number of nitriles is 1. The summed E-state index contributed by atoms with van der Waals surface area (Å²) < 4.78 is 40.5. The quantitative estimate of drug-likeness (QED) is 0.0817.